The van der Waals surface area contributed by atoms with Gasteiger partial charge in [-0.25, -0.2) is 4.90 Å². The van der Waals surface area contributed by atoms with Crippen LogP contribution in [-0.4, -0.2) is 172 Å². The lowest BCUT2D eigenvalue weighted by atomic mass is 9.98. The number of likely N-dealkylation sites (tertiary alicyclic amines) is 1. The highest BCUT2D eigenvalue weighted by Gasteiger charge is 2.43. The Labute approximate surface area is 566 Å². The Bertz CT molecular complexity index is 3890. The fourth-order valence-corrected chi connectivity index (χ4v) is 12.1. The van der Waals surface area contributed by atoms with Crippen molar-refractivity contribution in [2.75, 3.05) is 26.2 Å². The molecule has 2 aliphatic rings. The van der Waals surface area contributed by atoms with Crippen LogP contribution in [0.1, 0.15) is 81.0 Å². The van der Waals surface area contributed by atoms with E-state index in [1.54, 1.807) is 42.5 Å². The third kappa shape index (κ3) is 20.0. The first-order valence-electron chi connectivity index (χ1n) is 32.7. The molecule has 0 spiro atoms. The highest BCUT2D eigenvalue weighted by Crippen LogP contribution is 2.24. The molecule has 0 aromatic heterocycles. The Morgan fingerprint density at radius 1 is 0.602 bits per heavy atom. The maximum absolute atomic E-state index is 15.5. The summed E-state index contributed by atoms with van der Waals surface area (Å²) in [4.78, 5) is 164. The van der Waals surface area contributed by atoms with Gasteiger partial charge < -0.3 is 75.3 Å². The minimum Gasteiger partial charge on any atom is -0.508 e. The lowest BCUT2D eigenvalue weighted by Gasteiger charge is -2.31. The number of imide groups is 3. The minimum atomic E-state index is -1.92. The molecule has 2 heterocycles. The highest BCUT2D eigenvalue weighted by atomic mass is 16.3. The van der Waals surface area contributed by atoms with Crippen molar-refractivity contribution in [3.63, 3.8) is 0 Å². The number of amides is 11. The molecule has 17 N–H and O–H groups in total. The normalized spacial score (nSPS) is 16.4. The fraction of sp³-hybridized carbons (Fsp3) is 0.380. The van der Waals surface area contributed by atoms with Crippen molar-refractivity contribution in [2.24, 2.45) is 33.8 Å². The molecular formula is C71H86N14O13. The van der Waals surface area contributed by atoms with Gasteiger partial charge in [0.05, 0.1) is 25.2 Å². The summed E-state index contributed by atoms with van der Waals surface area (Å²) in [5.74, 6) is -10.9. The van der Waals surface area contributed by atoms with E-state index >= 15 is 14.4 Å². The number of phenols is 1. The molecule has 0 saturated carbocycles. The largest absolute Gasteiger partial charge is 0.508 e. The molecule has 2 fully saturated rings. The number of aliphatic hydroxyl groups excluding tert-OH is 1. The number of aliphatic hydroxyl groups is 1. The first-order valence-corrected chi connectivity index (χ1v) is 32.7. The van der Waals surface area contributed by atoms with Crippen LogP contribution in [-0.2, 0) is 78.4 Å². The van der Waals surface area contributed by atoms with Crippen molar-refractivity contribution >= 4 is 92.5 Å². The quantitative estimate of drug-likeness (QED) is 0.0159. The van der Waals surface area contributed by atoms with Crippen LogP contribution < -0.4 is 60.2 Å². The van der Waals surface area contributed by atoms with Crippen LogP contribution in [0, 0.1) is 5.92 Å². The van der Waals surface area contributed by atoms with E-state index in [9.17, 15) is 48.6 Å². The molecule has 0 radical (unpaired) electrons. The van der Waals surface area contributed by atoms with Crippen molar-refractivity contribution in [3.8, 4) is 5.75 Å². The number of rotatable bonds is 31. The van der Waals surface area contributed by atoms with Gasteiger partial charge in [0.25, 0.3) is 17.7 Å². The van der Waals surface area contributed by atoms with Crippen molar-refractivity contribution in [1.29, 1.82) is 0 Å². The van der Waals surface area contributed by atoms with Gasteiger partial charge >= 0.3 is 0 Å². The third-order valence-electron chi connectivity index (χ3n) is 17.2. The van der Waals surface area contributed by atoms with E-state index in [1.807, 2.05) is 86.6 Å². The Kier molecular flexibility index (Phi) is 26.0. The first kappa shape index (κ1) is 73.2. The Hall–Kier alpha value is -10.6. The van der Waals surface area contributed by atoms with Crippen LogP contribution in [0.15, 0.2) is 145 Å². The second-order valence-electron chi connectivity index (χ2n) is 25.0. The molecule has 11 amide bonds. The summed E-state index contributed by atoms with van der Waals surface area (Å²) in [6, 6.07) is 27.1. The SMILES string of the molecule is CC(C)C[C@H](NC(=O)[C@H](N)Cc1cccc2ccccc12)C(=O)N[C@@H](CCCN=C(N)N)C(=O)N1CCC[C@H]1C(=O)NCC(=O)N(C(=O)[C@H](Cc1ccc(O)cc1)NC(=O)[C@H](CO)NC(=O)[C@H](N)Cc1cccc2ccccc12)C(=O)[C@@H](Cc1ccccc1)NC(=O)[C@H]1CCC(=O)N1. The van der Waals surface area contributed by atoms with E-state index in [0.717, 1.165) is 32.7 Å². The predicted molar refractivity (Wildman–Crippen MR) is 365 cm³/mol. The number of nitrogens with two attached hydrogens (primary N) is 4. The minimum absolute atomic E-state index is 0.00417. The van der Waals surface area contributed by atoms with Gasteiger partial charge in [-0.2, -0.15) is 0 Å². The number of carbonyl (C=O) groups is 11. The van der Waals surface area contributed by atoms with Crippen molar-refractivity contribution in [2.45, 2.75) is 139 Å². The summed E-state index contributed by atoms with van der Waals surface area (Å²) in [5, 5.41) is 42.6. The van der Waals surface area contributed by atoms with Crippen LogP contribution >= 0.6 is 0 Å². The average molecular weight is 1340 g/mol. The summed E-state index contributed by atoms with van der Waals surface area (Å²) in [6.45, 7) is 1.60. The topological polar surface area (TPSA) is 435 Å². The van der Waals surface area contributed by atoms with Gasteiger partial charge in [-0.3, -0.25) is 57.7 Å². The lowest BCUT2D eigenvalue weighted by molar-refractivity contribution is -0.158. The number of guanidine groups is 1. The van der Waals surface area contributed by atoms with Crippen molar-refractivity contribution in [3.05, 3.63) is 162 Å². The molecule has 6 aromatic rings. The van der Waals surface area contributed by atoms with Crippen LogP contribution in [0.5, 0.6) is 5.75 Å². The Balaban J connectivity index is 1.05. The molecule has 8 rings (SSSR count). The van der Waals surface area contributed by atoms with E-state index in [1.165, 1.54) is 29.2 Å². The second-order valence-corrected chi connectivity index (χ2v) is 25.0. The van der Waals surface area contributed by atoms with Gasteiger partial charge in [-0.15, -0.1) is 0 Å². The van der Waals surface area contributed by atoms with Gasteiger partial charge in [0.15, 0.2) is 5.96 Å². The number of aliphatic imine (C=N–C) groups is 1. The molecule has 6 aromatic carbocycles. The molecule has 0 unspecified atom stereocenters. The van der Waals surface area contributed by atoms with E-state index in [4.69, 9.17) is 22.9 Å². The molecule has 98 heavy (non-hydrogen) atoms. The molecule has 27 heteroatoms. The highest BCUT2D eigenvalue weighted by molar-refractivity contribution is 6.16. The van der Waals surface area contributed by atoms with Gasteiger partial charge in [0.2, 0.25) is 47.3 Å². The summed E-state index contributed by atoms with van der Waals surface area (Å²) in [6.07, 6.45) is -0.0709. The van der Waals surface area contributed by atoms with E-state index in [2.05, 4.69) is 42.2 Å². The number of nitrogens with one attached hydrogen (secondary N) is 7. The molecule has 518 valence electrons. The number of nitrogens with zero attached hydrogens (tertiary/aromatic N) is 3. The summed E-state index contributed by atoms with van der Waals surface area (Å²) in [5.41, 5.74) is 26.4. The van der Waals surface area contributed by atoms with Crippen molar-refractivity contribution < 1.29 is 63.0 Å². The van der Waals surface area contributed by atoms with Crippen LogP contribution in [0.4, 0.5) is 0 Å². The zero-order valence-electron chi connectivity index (χ0n) is 54.7. The standard InChI is InChI=1S/C71H86N14O13/c1-41(2)34-55(80-62(90)51(72)37-46-20-10-18-44-16-6-8-22-49(44)46)65(93)79-54(24-12-32-76-71(74)75)68(96)84-33-13-25-59(84)67(95)77-39-61(89)85(69(97)56(35-42-14-4-3-5-15-42)81-64(92)53-30-31-60(88)78-53)70(98)57(36-43-26-28-48(87)29-27-43)82-66(94)58(40-86)83-63(91)52(73)38-47-21-11-19-45-17-7-9-23-50(45)47/h3-11,14-23,26-29,41,51-59,86-87H,12-13,24-25,30-40,72-73H2,1-2H3,(H,77,95)(H,78,88)(H,79,93)(H,80,90)(H,81,92)(H,82,94)(H,83,91)(H4,74,75,76)/t51-,52-,53-,54+,55+,56-,57+,58+,59+/m1/s1. The monoisotopic (exact) mass is 1340 g/mol. The smallest absolute Gasteiger partial charge is 0.259 e. The molecule has 0 aliphatic carbocycles. The number of hydrogen-bond donors (Lipinski definition) is 13. The molecular weight excluding hydrogens is 1260 g/mol. The van der Waals surface area contributed by atoms with Crippen LogP contribution in [0.2, 0.25) is 0 Å². The van der Waals surface area contributed by atoms with E-state index < -0.39 is 139 Å². The molecule has 2 aliphatic heterocycles. The summed E-state index contributed by atoms with van der Waals surface area (Å²) >= 11 is 0. The zero-order valence-corrected chi connectivity index (χ0v) is 54.7. The van der Waals surface area contributed by atoms with Gasteiger partial charge in [0.1, 0.15) is 48.0 Å². The van der Waals surface area contributed by atoms with Gasteiger partial charge in [0, 0.05) is 32.4 Å². The molecule has 9 atom stereocenters. The number of phenolic OH excluding ortho intramolecular Hbond substituents is 1. The predicted octanol–water partition coefficient (Wildman–Crippen LogP) is 0.407. The number of hydrogen-bond acceptors (Lipinski definition) is 16. The number of fused-ring (bicyclic) bond motifs is 2. The zero-order chi connectivity index (χ0) is 70.6. The number of aromatic hydroxyl groups is 1. The maximum atomic E-state index is 15.5. The van der Waals surface area contributed by atoms with Gasteiger partial charge in [-0.1, -0.05) is 141 Å². The lowest BCUT2D eigenvalue weighted by Crippen LogP contribution is -2.62. The Morgan fingerprint density at radius 2 is 1.12 bits per heavy atom. The number of benzene rings is 6. The third-order valence-corrected chi connectivity index (χ3v) is 17.2. The second kappa shape index (κ2) is 34.9. The van der Waals surface area contributed by atoms with Crippen LogP contribution in [0.3, 0.4) is 0 Å². The molecule has 0 bridgehead atoms. The average Bonchev–Trinajstić information content (AvgIpc) is 1.03. The van der Waals surface area contributed by atoms with Crippen LogP contribution in [0.25, 0.3) is 21.5 Å². The molecule has 27 nitrogen and oxygen atoms in total. The summed E-state index contributed by atoms with van der Waals surface area (Å²) in [7, 11) is 0. The fourth-order valence-electron chi connectivity index (χ4n) is 12.1. The number of carbonyl (C=O) groups excluding carboxylic acids is 11. The van der Waals surface area contributed by atoms with Gasteiger partial charge in [-0.05, 0) is 113 Å². The van der Waals surface area contributed by atoms with Crippen molar-refractivity contribution in [1.82, 2.24) is 47.0 Å². The van der Waals surface area contributed by atoms with E-state index in [-0.39, 0.29) is 105 Å². The molecule has 2 saturated heterocycles. The maximum Gasteiger partial charge on any atom is 0.259 e. The van der Waals surface area contributed by atoms with E-state index in [0.29, 0.717) is 5.56 Å². The summed E-state index contributed by atoms with van der Waals surface area (Å²) < 4.78 is 0. The Morgan fingerprint density at radius 3 is 1.68 bits per heavy atom. The first-order chi connectivity index (χ1) is 47.0.